The Kier molecular flexibility index (Phi) is 5.86. The van der Waals surface area contributed by atoms with Crippen molar-refractivity contribution in [3.05, 3.63) is 23.8 Å². The van der Waals surface area contributed by atoms with Crippen LogP contribution in [-0.2, 0) is 9.59 Å². The molecule has 2 rings (SSSR count). The van der Waals surface area contributed by atoms with Crippen molar-refractivity contribution in [1.82, 2.24) is 5.32 Å². The Bertz CT molecular complexity index is 605. The van der Waals surface area contributed by atoms with Crippen LogP contribution in [-0.4, -0.2) is 25.0 Å². The van der Waals surface area contributed by atoms with Crippen molar-refractivity contribution < 1.29 is 14.3 Å². The lowest BCUT2D eigenvalue weighted by molar-refractivity contribution is -0.132. The predicted molar refractivity (Wildman–Crippen MR) is 95.2 cm³/mol. The van der Waals surface area contributed by atoms with Crippen molar-refractivity contribution in [3.8, 4) is 5.75 Å². The molecule has 1 aromatic carbocycles. The van der Waals surface area contributed by atoms with Gasteiger partial charge >= 0.3 is 0 Å². The zero-order valence-electron chi connectivity index (χ0n) is 15.1. The van der Waals surface area contributed by atoms with Gasteiger partial charge in [0.2, 0.25) is 11.8 Å². The summed E-state index contributed by atoms with van der Waals surface area (Å²) in [7, 11) is 1.59. The molecule has 5 heteroatoms. The van der Waals surface area contributed by atoms with Gasteiger partial charge < -0.3 is 15.4 Å². The summed E-state index contributed by atoms with van der Waals surface area (Å²) >= 11 is 0. The van der Waals surface area contributed by atoms with Gasteiger partial charge in [0.25, 0.3) is 0 Å². The van der Waals surface area contributed by atoms with E-state index in [4.69, 9.17) is 4.74 Å². The number of methoxy groups -OCH3 is 1. The smallest absolute Gasteiger partial charge is 0.231 e. The maximum absolute atomic E-state index is 13.0. The second kappa shape index (κ2) is 7.69. The summed E-state index contributed by atoms with van der Waals surface area (Å²) in [5, 5.41) is 5.90. The van der Waals surface area contributed by atoms with Gasteiger partial charge in [-0.25, -0.2) is 0 Å². The van der Waals surface area contributed by atoms with Gasteiger partial charge in [0.05, 0.1) is 18.2 Å². The van der Waals surface area contributed by atoms with Crippen molar-refractivity contribution in [1.29, 1.82) is 0 Å². The van der Waals surface area contributed by atoms with Gasteiger partial charge in [0, 0.05) is 12.5 Å². The minimum absolute atomic E-state index is 0.0572. The molecule has 132 valence electrons. The van der Waals surface area contributed by atoms with Crippen molar-refractivity contribution in [3.63, 3.8) is 0 Å². The Morgan fingerprint density at radius 3 is 2.50 bits per heavy atom. The molecule has 0 unspecified atom stereocenters. The van der Waals surface area contributed by atoms with Crippen LogP contribution in [0.3, 0.4) is 0 Å². The molecule has 0 heterocycles. The Labute approximate surface area is 144 Å². The zero-order chi connectivity index (χ0) is 17.7. The standard InChI is InChI=1S/C19H28N2O3/c1-13(2)20-17(22)12-19(9-5-6-10-19)18(23)21-15-11-14(3)7-8-16(15)24-4/h7-8,11,13H,5-6,9-10,12H2,1-4H3,(H,20,22)(H,21,23). The minimum Gasteiger partial charge on any atom is -0.495 e. The topological polar surface area (TPSA) is 67.4 Å². The van der Waals surface area contributed by atoms with E-state index >= 15 is 0 Å². The molecule has 2 N–H and O–H groups in total. The number of ether oxygens (including phenoxy) is 1. The number of benzene rings is 1. The third-order valence-corrected chi connectivity index (χ3v) is 4.59. The molecule has 2 amide bonds. The van der Waals surface area contributed by atoms with E-state index in [1.807, 2.05) is 39.0 Å². The average molecular weight is 332 g/mol. The van der Waals surface area contributed by atoms with E-state index in [2.05, 4.69) is 10.6 Å². The Morgan fingerprint density at radius 1 is 1.25 bits per heavy atom. The first-order valence-corrected chi connectivity index (χ1v) is 8.62. The fourth-order valence-corrected chi connectivity index (χ4v) is 3.39. The molecule has 0 bridgehead atoms. The summed E-state index contributed by atoms with van der Waals surface area (Å²) in [4.78, 5) is 25.2. The van der Waals surface area contributed by atoms with Gasteiger partial charge in [-0.3, -0.25) is 9.59 Å². The van der Waals surface area contributed by atoms with Crippen LogP contribution in [0.1, 0.15) is 51.5 Å². The monoisotopic (exact) mass is 332 g/mol. The number of rotatable bonds is 6. The van der Waals surface area contributed by atoms with Gasteiger partial charge in [-0.05, 0) is 51.3 Å². The van der Waals surface area contributed by atoms with Gasteiger partial charge in [0.1, 0.15) is 5.75 Å². The molecule has 0 radical (unpaired) electrons. The summed E-state index contributed by atoms with van der Waals surface area (Å²) in [6.07, 6.45) is 3.70. The first-order valence-electron chi connectivity index (χ1n) is 8.62. The van der Waals surface area contributed by atoms with Crippen molar-refractivity contribution in [2.75, 3.05) is 12.4 Å². The number of nitrogens with one attached hydrogen (secondary N) is 2. The van der Waals surface area contributed by atoms with Crippen LogP contribution in [0, 0.1) is 12.3 Å². The summed E-state index contributed by atoms with van der Waals surface area (Å²) in [5.41, 5.74) is 1.09. The molecule has 5 nitrogen and oxygen atoms in total. The van der Waals surface area contributed by atoms with Crippen molar-refractivity contribution in [2.45, 2.75) is 58.9 Å². The molecular formula is C19H28N2O3. The molecule has 0 aromatic heterocycles. The minimum atomic E-state index is -0.617. The maximum Gasteiger partial charge on any atom is 0.231 e. The van der Waals surface area contributed by atoms with Crippen LogP contribution in [0.15, 0.2) is 18.2 Å². The molecular weight excluding hydrogens is 304 g/mol. The van der Waals surface area contributed by atoms with Crippen LogP contribution < -0.4 is 15.4 Å². The molecule has 0 aliphatic heterocycles. The van der Waals surface area contributed by atoms with E-state index in [9.17, 15) is 9.59 Å². The normalized spacial score (nSPS) is 16.0. The lowest BCUT2D eigenvalue weighted by atomic mass is 9.81. The first kappa shape index (κ1) is 18.3. The fraction of sp³-hybridized carbons (Fsp3) is 0.579. The largest absolute Gasteiger partial charge is 0.495 e. The Balaban J connectivity index is 2.18. The number of hydrogen-bond acceptors (Lipinski definition) is 3. The van der Waals surface area contributed by atoms with E-state index < -0.39 is 5.41 Å². The van der Waals surface area contributed by atoms with Gasteiger partial charge in [-0.2, -0.15) is 0 Å². The maximum atomic E-state index is 13.0. The average Bonchev–Trinajstić information content (AvgIpc) is 2.96. The number of amides is 2. The molecule has 0 spiro atoms. The third kappa shape index (κ3) is 4.28. The van der Waals surface area contributed by atoms with Crippen molar-refractivity contribution >= 4 is 17.5 Å². The zero-order valence-corrected chi connectivity index (χ0v) is 15.1. The fourth-order valence-electron chi connectivity index (χ4n) is 3.39. The van der Waals surface area contributed by atoms with E-state index in [-0.39, 0.29) is 24.3 Å². The van der Waals surface area contributed by atoms with Crippen LogP contribution in [0.4, 0.5) is 5.69 Å². The molecule has 24 heavy (non-hydrogen) atoms. The van der Waals surface area contributed by atoms with Crippen LogP contribution in [0.25, 0.3) is 0 Å². The van der Waals surface area contributed by atoms with Crippen molar-refractivity contribution in [2.24, 2.45) is 5.41 Å². The van der Waals surface area contributed by atoms with Gasteiger partial charge in [-0.15, -0.1) is 0 Å². The van der Waals surface area contributed by atoms with Gasteiger partial charge in [0.15, 0.2) is 0 Å². The lowest BCUT2D eigenvalue weighted by Crippen LogP contribution is -2.40. The molecule has 1 fully saturated rings. The first-order chi connectivity index (χ1) is 11.4. The van der Waals surface area contributed by atoms with Crippen LogP contribution in [0.2, 0.25) is 0 Å². The van der Waals surface area contributed by atoms with Crippen LogP contribution in [0.5, 0.6) is 5.75 Å². The second-order valence-corrected chi connectivity index (χ2v) is 7.04. The van der Waals surface area contributed by atoms with E-state index in [1.54, 1.807) is 7.11 Å². The third-order valence-electron chi connectivity index (χ3n) is 4.59. The molecule has 1 aliphatic carbocycles. The predicted octanol–water partition coefficient (Wildman–Crippen LogP) is 3.42. The second-order valence-electron chi connectivity index (χ2n) is 7.04. The summed E-state index contributed by atoms with van der Waals surface area (Å²) in [5.74, 6) is 0.495. The molecule has 1 aromatic rings. The highest BCUT2D eigenvalue weighted by molar-refractivity contribution is 5.99. The number of carbonyl (C=O) groups is 2. The number of carbonyl (C=O) groups excluding carboxylic acids is 2. The lowest BCUT2D eigenvalue weighted by Gasteiger charge is -2.28. The molecule has 0 atom stereocenters. The summed E-state index contributed by atoms with van der Waals surface area (Å²) in [6, 6.07) is 5.76. The van der Waals surface area contributed by atoms with E-state index in [1.165, 1.54) is 0 Å². The number of aryl methyl sites for hydroxylation is 1. The molecule has 1 aliphatic rings. The summed E-state index contributed by atoms with van der Waals surface area (Å²) < 4.78 is 5.34. The number of anilines is 1. The SMILES string of the molecule is COc1ccc(C)cc1NC(=O)C1(CC(=O)NC(C)C)CCCC1. The molecule has 1 saturated carbocycles. The summed E-state index contributed by atoms with van der Waals surface area (Å²) in [6.45, 7) is 5.82. The number of hydrogen-bond donors (Lipinski definition) is 2. The quantitative estimate of drug-likeness (QED) is 0.839. The van der Waals surface area contributed by atoms with Gasteiger partial charge in [-0.1, -0.05) is 18.9 Å². The van der Waals surface area contributed by atoms with E-state index in [0.717, 1.165) is 31.2 Å². The highest BCUT2D eigenvalue weighted by atomic mass is 16.5. The highest BCUT2D eigenvalue weighted by Crippen LogP contribution is 2.42. The van der Waals surface area contributed by atoms with Crippen LogP contribution >= 0.6 is 0 Å². The Morgan fingerprint density at radius 2 is 1.92 bits per heavy atom. The highest BCUT2D eigenvalue weighted by Gasteiger charge is 2.43. The van der Waals surface area contributed by atoms with E-state index in [0.29, 0.717) is 11.4 Å². The Hall–Kier alpha value is -2.04. The molecule has 0 saturated heterocycles.